The summed E-state index contributed by atoms with van der Waals surface area (Å²) in [7, 11) is 3.79. The number of aryl methyl sites for hydroxylation is 2. The van der Waals surface area contributed by atoms with Crippen LogP contribution >= 0.6 is 24.0 Å². The molecule has 0 saturated heterocycles. The van der Waals surface area contributed by atoms with Crippen molar-refractivity contribution in [2.45, 2.75) is 46.5 Å². The summed E-state index contributed by atoms with van der Waals surface area (Å²) in [6.07, 6.45) is 4.27. The monoisotopic (exact) mass is 451 g/mol. The molecular weight excluding hydrogens is 417 g/mol. The highest BCUT2D eigenvalue weighted by Crippen LogP contribution is 2.11. The average molecular weight is 451 g/mol. The number of guanidine groups is 1. The standard InChI is InChI=1S/C17H33N5O.HI/c1-6-7-12-23-13-8-10-19-17(18-4)20-11-9-16-14(2)21-22(5)15(16)3;/h6-13H2,1-5H3,(H2,18,19,20);1H. The lowest BCUT2D eigenvalue weighted by Crippen LogP contribution is -2.39. The van der Waals surface area contributed by atoms with Gasteiger partial charge in [-0.05, 0) is 38.7 Å². The minimum absolute atomic E-state index is 0. The molecule has 0 unspecified atom stereocenters. The van der Waals surface area contributed by atoms with Gasteiger partial charge < -0.3 is 15.4 Å². The zero-order valence-electron chi connectivity index (χ0n) is 15.8. The Balaban J connectivity index is 0.00000529. The van der Waals surface area contributed by atoms with Gasteiger partial charge in [0, 0.05) is 46.1 Å². The van der Waals surface area contributed by atoms with E-state index in [9.17, 15) is 0 Å². The highest BCUT2D eigenvalue weighted by Gasteiger charge is 2.08. The fourth-order valence-electron chi connectivity index (χ4n) is 2.44. The predicted octanol–water partition coefficient (Wildman–Crippen LogP) is 2.57. The van der Waals surface area contributed by atoms with Crippen LogP contribution in [-0.4, -0.2) is 49.1 Å². The maximum Gasteiger partial charge on any atom is 0.190 e. The molecule has 0 aliphatic carbocycles. The Morgan fingerprint density at radius 3 is 2.42 bits per heavy atom. The summed E-state index contributed by atoms with van der Waals surface area (Å²) in [5.74, 6) is 0.845. The van der Waals surface area contributed by atoms with E-state index < -0.39 is 0 Å². The van der Waals surface area contributed by atoms with Gasteiger partial charge in [-0.15, -0.1) is 24.0 Å². The van der Waals surface area contributed by atoms with Gasteiger partial charge in [-0.3, -0.25) is 9.67 Å². The number of hydrogen-bond acceptors (Lipinski definition) is 3. The van der Waals surface area contributed by atoms with Crippen molar-refractivity contribution in [3.8, 4) is 0 Å². The average Bonchev–Trinajstić information content (AvgIpc) is 2.78. The zero-order chi connectivity index (χ0) is 17.1. The van der Waals surface area contributed by atoms with E-state index in [4.69, 9.17) is 4.74 Å². The number of ether oxygens (including phenoxy) is 1. The van der Waals surface area contributed by atoms with Crippen molar-refractivity contribution in [3.05, 3.63) is 17.0 Å². The number of nitrogens with one attached hydrogen (secondary N) is 2. The molecule has 1 rings (SSSR count). The Morgan fingerprint density at radius 2 is 1.83 bits per heavy atom. The number of aromatic nitrogens is 2. The molecule has 1 aromatic rings. The molecule has 0 atom stereocenters. The molecule has 0 aliphatic heterocycles. The summed E-state index contributed by atoms with van der Waals surface area (Å²) in [6, 6.07) is 0. The van der Waals surface area contributed by atoms with Gasteiger partial charge in [0.1, 0.15) is 0 Å². The van der Waals surface area contributed by atoms with Crippen LogP contribution in [0.5, 0.6) is 0 Å². The van der Waals surface area contributed by atoms with Crippen LogP contribution in [0.15, 0.2) is 4.99 Å². The van der Waals surface area contributed by atoms with Gasteiger partial charge in [0.2, 0.25) is 0 Å². The lowest BCUT2D eigenvalue weighted by molar-refractivity contribution is 0.129. The Labute approximate surface area is 163 Å². The van der Waals surface area contributed by atoms with E-state index in [-0.39, 0.29) is 24.0 Å². The van der Waals surface area contributed by atoms with Crippen LogP contribution in [0.25, 0.3) is 0 Å². The van der Waals surface area contributed by atoms with Gasteiger partial charge in [-0.2, -0.15) is 5.10 Å². The molecule has 2 N–H and O–H groups in total. The fraction of sp³-hybridized carbons (Fsp3) is 0.765. The van der Waals surface area contributed by atoms with Crippen LogP contribution in [0.1, 0.15) is 43.1 Å². The minimum Gasteiger partial charge on any atom is -0.381 e. The van der Waals surface area contributed by atoms with E-state index >= 15 is 0 Å². The SMILES string of the molecule is CCCCOCCCNC(=NC)NCCc1c(C)nn(C)c1C.I. The van der Waals surface area contributed by atoms with Crippen molar-refractivity contribution in [2.24, 2.45) is 12.0 Å². The molecule has 1 aromatic heterocycles. The smallest absolute Gasteiger partial charge is 0.190 e. The molecule has 0 spiro atoms. The number of halogens is 1. The van der Waals surface area contributed by atoms with E-state index in [1.165, 1.54) is 17.7 Å². The molecule has 24 heavy (non-hydrogen) atoms. The van der Waals surface area contributed by atoms with E-state index in [1.54, 1.807) is 7.05 Å². The second kappa shape index (κ2) is 13.5. The van der Waals surface area contributed by atoms with Crippen molar-refractivity contribution in [3.63, 3.8) is 0 Å². The van der Waals surface area contributed by atoms with Gasteiger partial charge in [-0.25, -0.2) is 0 Å². The third kappa shape index (κ3) is 8.32. The predicted molar refractivity (Wildman–Crippen MR) is 112 cm³/mol. The van der Waals surface area contributed by atoms with Crippen molar-refractivity contribution < 1.29 is 4.74 Å². The van der Waals surface area contributed by atoms with Gasteiger partial charge in [-0.1, -0.05) is 13.3 Å². The number of aliphatic imine (C=N–C) groups is 1. The molecule has 1 heterocycles. The van der Waals surface area contributed by atoms with Crippen LogP contribution in [0.2, 0.25) is 0 Å². The summed E-state index contributed by atoms with van der Waals surface area (Å²) in [6.45, 7) is 9.74. The summed E-state index contributed by atoms with van der Waals surface area (Å²) in [5, 5.41) is 11.1. The third-order valence-corrected chi connectivity index (χ3v) is 3.95. The molecule has 0 bridgehead atoms. The molecule has 0 radical (unpaired) electrons. The largest absolute Gasteiger partial charge is 0.381 e. The maximum absolute atomic E-state index is 5.55. The molecule has 0 saturated carbocycles. The maximum atomic E-state index is 5.55. The summed E-state index contributed by atoms with van der Waals surface area (Å²) >= 11 is 0. The Kier molecular flexibility index (Phi) is 13.0. The molecular formula is C17H34IN5O. The number of hydrogen-bond donors (Lipinski definition) is 2. The first-order valence-corrected chi connectivity index (χ1v) is 8.61. The van der Waals surface area contributed by atoms with Crippen LogP contribution in [0.4, 0.5) is 0 Å². The van der Waals surface area contributed by atoms with Crippen LogP contribution in [-0.2, 0) is 18.2 Å². The fourth-order valence-corrected chi connectivity index (χ4v) is 2.44. The Hall–Kier alpha value is -0.830. The van der Waals surface area contributed by atoms with Crippen molar-refractivity contribution >= 4 is 29.9 Å². The molecule has 0 amide bonds. The van der Waals surface area contributed by atoms with Crippen LogP contribution < -0.4 is 10.6 Å². The second-order valence-corrected chi connectivity index (χ2v) is 5.77. The summed E-state index contributed by atoms with van der Waals surface area (Å²) < 4.78 is 7.49. The summed E-state index contributed by atoms with van der Waals surface area (Å²) in [5.41, 5.74) is 3.66. The molecule has 6 nitrogen and oxygen atoms in total. The van der Waals surface area contributed by atoms with E-state index in [0.717, 1.165) is 57.2 Å². The van der Waals surface area contributed by atoms with Crippen molar-refractivity contribution in [2.75, 3.05) is 33.4 Å². The second-order valence-electron chi connectivity index (χ2n) is 5.77. The van der Waals surface area contributed by atoms with Crippen molar-refractivity contribution in [1.29, 1.82) is 0 Å². The number of rotatable bonds is 10. The van der Waals surface area contributed by atoms with Gasteiger partial charge >= 0.3 is 0 Å². The van der Waals surface area contributed by atoms with E-state index in [1.807, 2.05) is 11.7 Å². The highest BCUT2D eigenvalue weighted by atomic mass is 127. The lowest BCUT2D eigenvalue weighted by atomic mass is 10.1. The molecule has 140 valence electrons. The van der Waals surface area contributed by atoms with Gasteiger partial charge in [0.15, 0.2) is 5.96 Å². The quantitative estimate of drug-likeness (QED) is 0.249. The van der Waals surface area contributed by atoms with Crippen LogP contribution in [0, 0.1) is 13.8 Å². The van der Waals surface area contributed by atoms with E-state index in [2.05, 4.69) is 41.5 Å². The first kappa shape index (κ1) is 23.2. The number of nitrogens with zero attached hydrogens (tertiary/aromatic N) is 3. The molecule has 0 aliphatic rings. The first-order chi connectivity index (χ1) is 11.1. The molecule has 0 aromatic carbocycles. The van der Waals surface area contributed by atoms with Gasteiger partial charge in [0.25, 0.3) is 0 Å². The van der Waals surface area contributed by atoms with Crippen LogP contribution in [0.3, 0.4) is 0 Å². The topological polar surface area (TPSA) is 63.5 Å². The summed E-state index contributed by atoms with van der Waals surface area (Å²) in [4.78, 5) is 4.25. The first-order valence-electron chi connectivity index (χ1n) is 8.61. The zero-order valence-corrected chi connectivity index (χ0v) is 18.1. The molecule has 7 heteroatoms. The van der Waals surface area contributed by atoms with Gasteiger partial charge in [0.05, 0.1) is 5.69 Å². The Morgan fingerprint density at radius 1 is 1.17 bits per heavy atom. The molecule has 0 fully saturated rings. The van der Waals surface area contributed by atoms with E-state index in [0.29, 0.717) is 0 Å². The minimum atomic E-state index is 0. The Bertz CT molecular complexity index is 488. The normalized spacial score (nSPS) is 11.3. The third-order valence-electron chi connectivity index (χ3n) is 3.95. The number of unbranched alkanes of at least 4 members (excludes halogenated alkanes) is 1. The lowest BCUT2D eigenvalue weighted by Gasteiger charge is -2.12. The van der Waals surface area contributed by atoms with Crippen molar-refractivity contribution in [1.82, 2.24) is 20.4 Å². The highest BCUT2D eigenvalue weighted by molar-refractivity contribution is 14.0.